The number of aromatic nitrogens is 2. The van der Waals surface area contributed by atoms with Crippen LogP contribution in [-0.4, -0.2) is 21.0 Å². The van der Waals surface area contributed by atoms with Crippen LogP contribution in [0.5, 0.6) is 11.6 Å². The molecule has 0 radical (unpaired) electrons. The van der Waals surface area contributed by atoms with Crippen LogP contribution < -0.4 is 4.74 Å². The number of hydrogen-bond acceptors (Lipinski definition) is 4. The molecule has 0 spiro atoms. The van der Waals surface area contributed by atoms with Crippen LogP contribution >= 0.6 is 0 Å². The van der Waals surface area contributed by atoms with Crippen LogP contribution in [-0.2, 0) is 0 Å². The predicted octanol–water partition coefficient (Wildman–Crippen LogP) is 2.25. The quantitative estimate of drug-likeness (QED) is 0.906. The summed E-state index contributed by atoms with van der Waals surface area (Å²) in [5.74, 6) is -3.94. The number of nitrogens with zero attached hydrogens (tertiary/aromatic N) is 2. The average molecular weight is 252 g/mol. The first kappa shape index (κ1) is 11.9. The highest BCUT2D eigenvalue weighted by Crippen LogP contribution is 2.23. The maximum Gasteiger partial charge on any atom is 0.356 e. The van der Waals surface area contributed by atoms with Gasteiger partial charge in [-0.3, -0.25) is 0 Å². The molecule has 1 aromatic heterocycles. The summed E-state index contributed by atoms with van der Waals surface area (Å²) in [5.41, 5.74) is -0.276. The first-order chi connectivity index (χ1) is 8.58. The average Bonchev–Trinajstić information content (AvgIpc) is 2.36. The molecule has 0 unspecified atom stereocenters. The van der Waals surface area contributed by atoms with Crippen LogP contribution in [0, 0.1) is 11.6 Å². The summed E-state index contributed by atoms with van der Waals surface area (Å²) in [6, 6.07) is 3.43. The lowest BCUT2D eigenvalue weighted by Gasteiger charge is -2.05. The fraction of sp³-hybridized carbons (Fsp3) is 0. The number of hydrogen-bond donors (Lipinski definition) is 1. The molecule has 1 aromatic carbocycles. The third-order valence-electron chi connectivity index (χ3n) is 1.98. The summed E-state index contributed by atoms with van der Waals surface area (Å²) < 4.78 is 31.1. The Morgan fingerprint density at radius 2 is 2.00 bits per heavy atom. The number of carboxylic acids is 1. The lowest BCUT2D eigenvalue weighted by atomic mass is 10.3. The van der Waals surface area contributed by atoms with E-state index in [9.17, 15) is 13.6 Å². The molecule has 0 amide bonds. The zero-order valence-corrected chi connectivity index (χ0v) is 8.80. The molecule has 1 N–H and O–H groups in total. The van der Waals surface area contributed by atoms with Crippen molar-refractivity contribution in [2.75, 3.05) is 0 Å². The summed E-state index contributed by atoms with van der Waals surface area (Å²) in [5, 5.41) is 8.59. The zero-order chi connectivity index (χ0) is 13.1. The molecular weight excluding hydrogens is 246 g/mol. The third-order valence-corrected chi connectivity index (χ3v) is 1.98. The second kappa shape index (κ2) is 4.74. The fourth-order valence-electron chi connectivity index (χ4n) is 1.15. The number of carbonyl (C=O) groups is 1. The minimum atomic E-state index is -1.24. The van der Waals surface area contributed by atoms with Gasteiger partial charge in [-0.1, -0.05) is 6.07 Å². The second-order valence-electron chi connectivity index (χ2n) is 3.20. The molecule has 18 heavy (non-hydrogen) atoms. The summed E-state index contributed by atoms with van der Waals surface area (Å²) in [6.07, 6.45) is 1.96. The minimum absolute atomic E-state index is 0.135. The summed E-state index contributed by atoms with van der Waals surface area (Å²) >= 11 is 0. The van der Waals surface area contributed by atoms with Gasteiger partial charge in [0.05, 0.1) is 12.4 Å². The van der Waals surface area contributed by atoms with Gasteiger partial charge in [0.1, 0.15) is 0 Å². The standard InChI is InChI=1S/C11H6F2N2O3/c12-6-2-1-3-8(10(6)13)18-9-5-14-7(4-15-9)11(16)17/h1-5H,(H,16,17). The van der Waals surface area contributed by atoms with E-state index < -0.39 is 17.6 Å². The van der Waals surface area contributed by atoms with Gasteiger partial charge in [-0.05, 0) is 12.1 Å². The molecule has 0 saturated carbocycles. The van der Waals surface area contributed by atoms with E-state index in [2.05, 4.69) is 9.97 Å². The molecular formula is C11H6F2N2O3. The highest BCUT2D eigenvalue weighted by molar-refractivity contribution is 5.84. The minimum Gasteiger partial charge on any atom is -0.476 e. The van der Waals surface area contributed by atoms with Crippen molar-refractivity contribution in [3.63, 3.8) is 0 Å². The molecule has 0 aliphatic heterocycles. The largest absolute Gasteiger partial charge is 0.476 e. The van der Waals surface area contributed by atoms with Crippen molar-refractivity contribution >= 4 is 5.97 Å². The van der Waals surface area contributed by atoms with E-state index in [1.54, 1.807) is 0 Å². The van der Waals surface area contributed by atoms with Crippen molar-refractivity contribution in [1.82, 2.24) is 9.97 Å². The topological polar surface area (TPSA) is 72.3 Å². The molecule has 2 rings (SSSR count). The van der Waals surface area contributed by atoms with Crippen LogP contribution in [0.2, 0.25) is 0 Å². The first-order valence-corrected chi connectivity index (χ1v) is 4.75. The molecule has 0 aliphatic rings. The summed E-state index contributed by atoms with van der Waals surface area (Å²) in [4.78, 5) is 17.7. The Morgan fingerprint density at radius 1 is 1.22 bits per heavy atom. The summed E-state index contributed by atoms with van der Waals surface area (Å²) in [6.45, 7) is 0. The molecule has 1 heterocycles. The van der Waals surface area contributed by atoms with Crippen LogP contribution in [0.3, 0.4) is 0 Å². The van der Waals surface area contributed by atoms with Gasteiger partial charge in [0.2, 0.25) is 11.7 Å². The third kappa shape index (κ3) is 2.40. The second-order valence-corrected chi connectivity index (χ2v) is 3.20. The lowest BCUT2D eigenvalue weighted by Crippen LogP contribution is -2.01. The van der Waals surface area contributed by atoms with Crippen LogP contribution in [0.4, 0.5) is 8.78 Å². The van der Waals surface area contributed by atoms with Crippen molar-refractivity contribution in [2.24, 2.45) is 0 Å². The Kier molecular flexibility index (Phi) is 3.13. The number of ether oxygens (including phenoxy) is 1. The van der Waals surface area contributed by atoms with E-state index >= 15 is 0 Å². The molecule has 0 bridgehead atoms. The number of rotatable bonds is 3. The van der Waals surface area contributed by atoms with E-state index in [0.717, 1.165) is 18.5 Å². The molecule has 0 atom stereocenters. The van der Waals surface area contributed by atoms with Crippen molar-refractivity contribution in [1.29, 1.82) is 0 Å². The fourth-order valence-corrected chi connectivity index (χ4v) is 1.15. The maximum absolute atomic E-state index is 13.3. The first-order valence-electron chi connectivity index (χ1n) is 4.75. The highest BCUT2D eigenvalue weighted by Gasteiger charge is 2.11. The van der Waals surface area contributed by atoms with Crippen molar-refractivity contribution < 1.29 is 23.4 Å². The van der Waals surface area contributed by atoms with E-state index in [1.807, 2.05) is 0 Å². The summed E-state index contributed by atoms with van der Waals surface area (Å²) in [7, 11) is 0. The molecule has 0 aliphatic carbocycles. The molecule has 7 heteroatoms. The van der Waals surface area contributed by atoms with Gasteiger partial charge >= 0.3 is 5.97 Å². The highest BCUT2D eigenvalue weighted by atomic mass is 19.2. The Hall–Kier alpha value is -2.57. The normalized spacial score (nSPS) is 10.1. The van der Waals surface area contributed by atoms with Gasteiger partial charge in [0, 0.05) is 0 Å². The zero-order valence-electron chi connectivity index (χ0n) is 8.80. The van der Waals surface area contributed by atoms with Crippen molar-refractivity contribution in [3.05, 3.63) is 47.9 Å². The molecule has 0 fully saturated rings. The Balaban J connectivity index is 2.24. The molecule has 5 nitrogen and oxygen atoms in total. The number of benzene rings is 1. The Labute approximate surface area is 99.7 Å². The molecule has 0 saturated heterocycles. The Bertz CT molecular complexity index is 587. The van der Waals surface area contributed by atoms with Gasteiger partial charge in [0.25, 0.3) is 0 Å². The SMILES string of the molecule is O=C(O)c1cnc(Oc2cccc(F)c2F)cn1. The van der Waals surface area contributed by atoms with Crippen LogP contribution in [0.15, 0.2) is 30.6 Å². The smallest absolute Gasteiger partial charge is 0.356 e. The van der Waals surface area contributed by atoms with Gasteiger partial charge < -0.3 is 9.84 Å². The van der Waals surface area contributed by atoms with Crippen LogP contribution in [0.1, 0.15) is 10.5 Å². The van der Waals surface area contributed by atoms with E-state index in [4.69, 9.17) is 9.84 Å². The molecule has 92 valence electrons. The van der Waals surface area contributed by atoms with Gasteiger partial charge in [-0.15, -0.1) is 0 Å². The van der Waals surface area contributed by atoms with E-state index in [1.165, 1.54) is 12.1 Å². The van der Waals surface area contributed by atoms with Gasteiger partial charge in [-0.2, -0.15) is 4.39 Å². The van der Waals surface area contributed by atoms with Gasteiger partial charge in [-0.25, -0.2) is 19.2 Å². The maximum atomic E-state index is 13.3. The van der Waals surface area contributed by atoms with E-state index in [-0.39, 0.29) is 17.3 Å². The number of halogens is 2. The van der Waals surface area contributed by atoms with Crippen molar-refractivity contribution in [3.8, 4) is 11.6 Å². The van der Waals surface area contributed by atoms with E-state index in [0.29, 0.717) is 0 Å². The number of carboxylic acid groups (broad SMARTS) is 1. The Morgan fingerprint density at radius 3 is 2.61 bits per heavy atom. The predicted molar refractivity (Wildman–Crippen MR) is 55.4 cm³/mol. The monoisotopic (exact) mass is 252 g/mol. The van der Waals surface area contributed by atoms with Crippen molar-refractivity contribution in [2.45, 2.75) is 0 Å². The molecule has 2 aromatic rings. The lowest BCUT2D eigenvalue weighted by molar-refractivity contribution is 0.0690. The van der Waals surface area contributed by atoms with Crippen LogP contribution in [0.25, 0.3) is 0 Å². The van der Waals surface area contributed by atoms with Gasteiger partial charge in [0.15, 0.2) is 17.3 Å². The number of aromatic carboxylic acids is 1.